The van der Waals surface area contributed by atoms with Gasteiger partial charge in [-0.3, -0.25) is 4.79 Å². The fraction of sp³-hybridized carbons (Fsp3) is 0.278. The summed E-state index contributed by atoms with van der Waals surface area (Å²) in [5.74, 6) is 1.87. The van der Waals surface area contributed by atoms with Crippen LogP contribution in [0.2, 0.25) is 10.0 Å². The second-order valence-electron chi connectivity index (χ2n) is 5.45. The van der Waals surface area contributed by atoms with Gasteiger partial charge in [0.1, 0.15) is 16.9 Å². The van der Waals surface area contributed by atoms with E-state index >= 15 is 0 Å². The van der Waals surface area contributed by atoms with Crippen molar-refractivity contribution >= 4 is 40.9 Å². The summed E-state index contributed by atoms with van der Waals surface area (Å²) in [5, 5.41) is 0.988. The maximum Gasteiger partial charge on any atom is 0.258 e. The van der Waals surface area contributed by atoms with Gasteiger partial charge in [0.25, 0.3) is 5.91 Å². The largest absolute Gasteiger partial charge is 0.497 e. The van der Waals surface area contributed by atoms with Crippen LogP contribution in [-0.2, 0) is 0 Å². The normalized spacial score (nSPS) is 16.8. The molecule has 4 nitrogen and oxygen atoms in total. The average molecular weight is 398 g/mol. The Bertz CT molecular complexity index is 800. The second-order valence-corrected chi connectivity index (χ2v) is 7.49. The summed E-state index contributed by atoms with van der Waals surface area (Å²) in [6, 6.07) is 10.6. The average Bonchev–Trinajstić information content (AvgIpc) is 3.09. The van der Waals surface area contributed by atoms with Gasteiger partial charge in [-0.2, -0.15) is 0 Å². The number of hydrogen-bond acceptors (Lipinski definition) is 4. The number of amides is 1. The summed E-state index contributed by atoms with van der Waals surface area (Å²) in [6.07, 6.45) is 0. The van der Waals surface area contributed by atoms with Gasteiger partial charge in [0.2, 0.25) is 0 Å². The SMILES string of the molecule is COc1ccc(C(=O)N2CCS[C@H]2c2ccc(Cl)cc2Cl)c(OC)c1. The number of rotatable bonds is 4. The Kier molecular flexibility index (Phi) is 5.67. The van der Waals surface area contributed by atoms with Gasteiger partial charge in [-0.05, 0) is 24.3 Å². The minimum Gasteiger partial charge on any atom is -0.497 e. The topological polar surface area (TPSA) is 38.8 Å². The van der Waals surface area contributed by atoms with Gasteiger partial charge < -0.3 is 14.4 Å². The van der Waals surface area contributed by atoms with E-state index in [0.717, 1.165) is 11.3 Å². The number of methoxy groups -OCH3 is 2. The number of carbonyl (C=O) groups excluding carboxylic acids is 1. The number of thioether (sulfide) groups is 1. The Morgan fingerprint density at radius 2 is 1.96 bits per heavy atom. The highest BCUT2D eigenvalue weighted by Gasteiger charge is 2.33. The standard InChI is InChI=1S/C18H17Cl2NO3S/c1-23-12-4-6-14(16(10-12)24-2)17(22)21-7-8-25-18(21)13-5-3-11(19)9-15(13)20/h3-6,9-10,18H,7-8H2,1-2H3/t18-/m0/s1. The molecule has 1 amide bonds. The Hall–Kier alpha value is -1.56. The number of hydrogen-bond donors (Lipinski definition) is 0. The molecule has 0 radical (unpaired) electrons. The molecule has 3 rings (SSSR count). The molecule has 1 atom stereocenters. The lowest BCUT2D eigenvalue weighted by Gasteiger charge is -2.25. The first-order valence-electron chi connectivity index (χ1n) is 7.64. The number of nitrogens with zero attached hydrogens (tertiary/aromatic N) is 1. The molecule has 2 aromatic rings. The Morgan fingerprint density at radius 1 is 1.16 bits per heavy atom. The van der Waals surface area contributed by atoms with Crippen molar-refractivity contribution < 1.29 is 14.3 Å². The monoisotopic (exact) mass is 397 g/mol. The summed E-state index contributed by atoms with van der Waals surface area (Å²) < 4.78 is 10.6. The lowest BCUT2D eigenvalue weighted by atomic mass is 10.1. The summed E-state index contributed by atoms with van der Waals surface area (Å²) >= 11 is 14.0. The third-order valence-corrected chi connectivity index (χ3v) is 5.82. The zero-order valence-electron chi connectivity index (χ0n) is 13.8. The maximum absolute atomic E-state index is 13.1. The predicted octanol–water partition coefficient (Wildman–Crippen LogP) is 4.90. The molecule has 1 fully saturated rings. The van der Waals surface area contributed by atoms with Crippen molar-refractivity contribution in [3.05, 3.63) is 57.6 Å². The molecule has 0 bridgehead atoms. The Morgan fingerprint density at radius 3 is 2.64 bits per heavy atom. The van der Waals surface area contributed by atoms with E-state index < -0.39 is 0 Å². The lowest BCUT2D eigenvalue weighted by Crippen LogP contribution is -2.30. The maximum atomic E-state index is 13.1. The van der Waals surface area contributed by atoms with E-state index in [1.165, 1.54) is 7.11 Å². The fourth-order valence-corrected chi connectivity index (χ4v) is 4.64. The molecule has 0 spiro atoms. The lowest BCUT2D eigenvalue weighted by molar-refractivity contribution is 0.0757. The summed E-state index contributed by atoms with van der Waals surface area (Å²) in [6.45, 7) is 0.641. The van der Waals surface area contributed by atoms with Gasteiger partial charge in [-0.1, -0.05) is 29.3 Å². The van der Waals surface area contributed by atoms with Crippen molar-refractivity contribution in [3.8, 4) is 11.5 Å². The molecule has 1 heterocycles. The quantitative estimate of drug-likeness (QED) is 0.735. The van der Waals surface area contributed by atoms with Crippen LogP contribution in [0.5, 0.6) is 11.5 Å². The van der Waals surface area contributed by atoms with Crippen LogP contribution in [0.25, 0.3) is 0 Å². The van der Waals surface area contributed by atoms with E-state index in [-0.39, 0.29) is 11.3 Å². The molecule has 132 valence electrons. The number of halogens is 2. The minimum atomic E-state index is -0.149. The molecular formula is C18H17Cl2NO3S. The zero-order chi connectivity index (χ0) is 18.0. The number of carbonyl (C=O) groups is 1. The minimum absolute atomic E-state index is 0.0967. The first kappa shape index (κ1) is 18.2. The summed E-state index contributed by atoms with van der Waals surface area (Å²) in [7, 11) is 3.11. The highest BCUT2D eigenvalue weighted by molar-refractivity contribution is 7.99. The fourth-order valence-electron chi connectivity index (χ4n) is 2.77. The Labute approximate surface area is 161 Å². The molecule has 1 saturated heterocycles. The predicted molar refractivity (Wildman–Crippen MR) is 102 cm³/mol. The van der Waals surface area contributed by atoms with Crippen LogP contribution in [0.3, 0.4) is 0 Å². The second kappa shape index (κ2) is 7.77. The van der Waals surface area contributed by atoms with E-state index in [2.05, 4.69) is 0 Å². The molecule has 1 aliphatic rings. The van der Waals surface area contributed by atoms with Crippen LogP contribution >= 0.6 is 35.0 Å². The van der Waals surface area contributed by atoms with Gasteiger partial charge in [0, 0.05) is 34.0 Å². The van der Waals surface area contributed by atoms with E-state index in [0.29, 0.717) is 33.7 Å². The van der Waals surface area contributed by atoms with Crippen LogP contribution in [0.1, 0.15) is 21.3 Å². The molecule has 7 heteroatoms. The van der Waals surface area contributed by atoms with Crippen molar-refractivity contribution in [3.63, 3.8) is 0 Å². The third kappa shape index (κ3) is 3.68. The Balaban J connectivity index is 1.93. The number of ether oxygens (including phenoxy) is 2. The molecule has 0 aromatic heterocycles. The molecule has 0 saturated carbocycles. The van der Waals surface area contributed by atoms with Gasteiger partial charge in [-0.25, -0.2) is 0 Å². The number of benzene rings is 2. The highest BCUT2D eigenvalue weighted by atomic mass is 35.5. The molecule has 1 aliphatic heterocycles. The van der Waals surface area contributed by atoms with Crippen LogP contribution in [0.15, 0.2) is 36.4 Å². The first-order valence-corrected chi connectivity index (χ1v) is 9.45. The van der Waals surface area contributed by atoms with Gasteiger partial charge >= 0.3 is 0 Å². The van der Waals surface area contributed by atoms with Crippen molar-refractivity contribution in [1.82, 2.24) is 4.90 Å². The molecule has 2 aromatic carbocycles. The van der Waals surface area contributed by atoms with Crippen LogP contribution < -0.4 is 9.47 Å². The zero-order valence-corrected chi connectivity index (χ0v) is 16.1. The van der Waals surface area contributed by atoms with E-state index in [4.69, 9.17) is 32.7 Å². The molecule has 0 aliphatic carbocycles. The molecule has 25 heavy (non-hydrogen) atoms. The van der Waals surface area contributed by atoms with Crippen molar-refractivity contribution in [2.45, 2.75) is 5.37 Å². The summed E-state index contributed by atoms with van der Waals surface area (Å²) in [5.41, 5.74) is 1.38. The first-order chi connectivity index (χ1) is 12.0. The van der Waals surface area contributed by atoms with Crippen molar-refractivity contribution in [2.75, 3.05) is 26.5 Å². The van der Waals surface area contributed by atoms with Crippen LogP contribution in [0, 0.1) is 0 Å². The third-order valence-electron chi connectivity index (χ3n) is 4.02. The smallest absolute Gasteiger partial charge is 0.258 e. The van der Waals surface area contributed by atoms with Gasteiger partial charge in [0.15, 0.2) is 0 Å². The van der Waals surface area contributed by atoms with E-state index in [1.807, 2.05) is 11.0 Å². The van der Waals surface area contributed by atoms with E-state index in [1.54, 1.807) is 49.2 Å². The van der Waals surface area contributed by atoms with Crippen LogP contribution in [0.4, 0.5) is 0 Å². The van der Waals surface area contributed by atoms with Crippen molar-refractivity contribution in [1.29, 1.82) is 0 Å². The molecule has 0 N–H and O–H groups in total. The van der Waals surface area contributed by atoms with E-state index in [9.17, 15) is 4.79 Å². The highest BCUT2D eigenvalue weighted by Crippen LogP contribution is 2.43. The van der Waals surface area contributed by atoms with Gasteiger partial charge in [0.05, 0.1) is 19.8 Å². The summed E-state index contributed by atoms with van der Waals surface area (Å²) in [4.78, 5) is 14.9. The molecular weight excluding hydrogens is 381 g/mol. The van der Waals surface area contributed by atoms with Gasteiger partial charge in [-0.15, -0.1) is 11.8 Å². The van der Waals surface area contributed by atoms with Crippen LogP contribution in [-0.4, -0.2) is 37.3 Å². The van der Waals surface area contributed by atoms with Crippen molar-refractivity contribution in [2.24, 2.45) is 0 Å². The molecule has 0 unspecified atom stereocenters.